The second kappa shape index (κ2) is 7.24. The van der Waals surface area contributed by atoms with Crippen LogP contribution in [0.5, 0.6) is 0 Å². The highest BCUT2D eigenvalue weighted by Gasteiger charge is 2.60. The summed E-state index contributed by atoms with van der Waals surface area (Å²) in [6, 6.07) is 7.88. The third-order valence-electron chi connectivity index (χ3n) is 2.90. The number of rotatable bonds is 7. The van der Waals surface area contributed by atoms with Crippen LogP contribution in [0.15, 0.2) is 30.3 Å². The van der Waals surface area contributed by atoms with Crippen molar-refractivity contribution >= 4 is 16.9 Å². The van der Waals surface area contributed by atoms with E-state index >= 15 is 0 Å². The van der Waals surface area contributed by atoms with Crippen LogP contribution in [-0.2, 0) is 0 Å². The molecule has 0 heterocycles. The van der Waals surface area contributed by atoms with Crippen LogP contribution in [0.1, 0.15) is 30.1 Å². The molecular formula is C14H15F5OS. The summed E-state index contributed by atoms with van der Waals surface area (Å²) in [6.45, 7) is 1.07. The fraction of sp³-hybridized carbons (Fsp3) is 0.500. The lowest BCUT2D eigenvalue weighted by molar-refractivity contribution is -0.239. The van der Waals surface area contributed by atoms with E-state index in [2.05, 4.69) is 0 Å². The molecule has 1 unspecified atom stereocenters. The zero-order valence-electron chi connectivity index (χ0n) is 11.3. The molecule has 1 rings (SSSR count). The minimum atomic E-state index is -4.72. The summed E-state index contributed by atoms with van der Waals surface area (Å²) < 4.78 is 66.2. The Labute approximate surface area is 123 Å². The third-order valence-corrected chi connectivity index (χ3v) is 3.80. The average Bonchev–Trinajstić information content (AvgIpc) is 2.46. The Morgan fingerprint density at radius 2 is 1.76 bits per heavy atom. The summed E-state index contributed by atoms with van der Waals surface area (Å²) >= 11 is 0.517. The quantitative estimate of drug-likeness (QED) is 0.658. The number of thioether (sulfide) groups is 1. The number of carbonyl (C=O) groups is 1. The Morgan fingerprint density at radius 1 is 1.19 bits per heavy atom. The van der Waals surface area contributed by atoms with Crippen LogP contribution in [0.4, 0.5) is 22.0 Å². The second-order valence-electron chi connectivity index (χ2n) is 4.46. The van der Waals surface area contributed by atoms with Gasteiger partial charge in [-0.15, -0.1) is 0 Å². The van der Waals surface area contributed by atoms with Gasteiger partial charge in [-0.1, -0.05) is 49.0 Å². The van der Waals surface area contributed by atoms with Crippen molar-refractivity contribution in [2.24, 2.45) is 0 Å². The zero-order chi connectivity index (χ0) is 16.1. The Bertz CT molecular complexity index is 464. The Morgan fingerprint density at radius 3 is 2.29 bits per heavy atom. The first kappa shape index (κ1) is 17.9. The molecule has 0 aliphatic carbocycles. The van der Waals surface area contributed by atoms with E-state index in [1.54, 1.807) is 18.2 Å². The predicted molar refractivity (Wildman–Crippen MR) is 72.9 cm³/mol. The Hall–Kier alpha value is -1.11. The maximum Gasteiger partial charge on any atom is 0.340 e. The molecule has 0 radical (unpaired) electrons. The van der Waals surface area contributed by atoms with Crippen LogP contribution in [0.25, 0.3) is 0 Å². The maximum absolute atomic E-state index is 13.4. The standard InChI is InChI=1S/C14H15F5OS/c1-2-11(15)14(18,19)13(16,17)8-9-21-12(20)10-6-4-3-5-7-10/h3-7,11H,2,8-9H2,1H3. The van der Waals surface area contributed by atoms with Crippen molar-refractivity contribution < 1.29 is 26.7 Å². The summed E-state index contributed by atoms with van der Waals surface area (Å²) in [5.41, 5.74) is 0.300. The topological polar surface area (TPSA) is 17.1 Å². The van der Waals surface area contributed by atoms with Gasteiger partial charge in [-0.25, -0.2) is 4.39 Å². The fourth-order valence-corrected chi connectivity index (χ4v) is 2.43. The molecule has 0 saturated carbocycles. The molecule has 0 bridgehead atoms. The molecule has 21 heavy (non-hydrogen) atoms. The lowest BCUT2D eigenvalue weighted by atomic mass is 10.0. The molecule has 0 aliphatic heterocycles. The highest BCUT2D eigenvalue weighted by Crippen LogP contribution is 2.42. The average molecular weight is 326 g/mol. The smallest absolute Gasteiger partial charge is 0.282 e. The van der Waals surface area contributed by atoms with Crippen molar-refractivity contribution in [2.75, 3.05) is 5.75 Å². The first-order chi connectivity index (χ1) is 9.72. The van der Waals surface area contributed by atoms with Gasteiger partial charge in [-0.2, -0.15) is 17.6 Å². The maximum atomic E-state index is 13.4. The molecule has 0 N–H and O–H groups in total. The van der Waals surface area contributed by atoms with Gasteiger partial charge in [0.05, 0.1) is 0 Å². The second-order valence-corrected chi connectivity index (χ2v) is 5.52. The summed E-state index contributed by atoms with van der Waals surface area (Å²) in [4.78, 5) is 11.6. The first-order valence-corrected chi connectivity index (χ1v) is 7.32. The lowest BCUT2D eigenvalue weighted by Crippen LogP contribution is -2.48. The van der Waals surface area contributed by atoms with Crippen LogP contribution in [0, 0.1) is 0 Å². The number of hydrogen-bond acceptors (Lipinski definition) is 2. The van der Waals surface area contributed by atoms with Crippen molar-refractivity contribution in [3.8, 4) is 0 Å². The van der Waals surface area contributed by atoms with Crippen LogP contribution >= 0.6 is 11.8 Å². The molecule has 0 aromatic heterocycles. The van der Waals surface area contributed by atoms with E-state index in [4.69, 9.17) is 0 Å². The van der Waals surface area contributed by atoms with Crippen molar-refractivity contribution in [1.29, 1.82) is 0 Å². The minimum Gasteiger partial charge on any atom is -0.282 e. The largest absolute Gasteiger partial charge is 0.340 e. The molecule has 1 aromatic rings. The monoisotopic (exact) mass is 326 g/mol. The van der Waals surface area contributed by atoms with Gasteiger partial charge >= 0.3 is 11.8 Å². The van der Waals surface area contributed by atoms with Crippen molar-refractivity contribution in [2.45, 2.75) is 37.8 Å². The number of benzene rings is 1. The Kier molecular flexibility index (Phi) is 6.19. The Balaban J connectivity index is 2.56. The molecule has 0 amide bonds. The molecule has 118 valence electrons. The van der Waals surface area contributed by atoms with Crippen molar-refractivity contribution in [3.05, 3.63) is 35.9 Å². The van der Waals surface area contributed by atoms with Gasteiger partial charge in [0.25, 0.3) is 0 Å². The fourth-order valence-electron chi connectivity index (χ4n) is 1.58. The first-order valence-electron chi connectivity index (χ1n) is 6.34. The number of alkyl halides is 5. The van der Waals surface area contributed by atoms with Gasteiger partial charge in [-0.05, 0) is 6.42 Å². The van der Waals surface area contributed by atoms with Crippen molar-refractivity contribution in [3.63, 3.8) is 0 Å². The number of hydrogen-bond donors (Lipinski definition) is 0. The van der Waals surface area contributed by atoms with E-state index in [9.17, 15) is 26.7 Å². The minimum absolute atomic E-state index is 0.300. The van der Waals surface area contributed by atoms with Gasteiger partial charge in [-0.3, -0.25) is 4.79 Å². The van der Waals surface area contributed by atoms with E-state index < -0.39 is 41.7 Å². The predicted octanol–water partition coefficient (Wildman–Crippen LogP) is 4.97. The highest BCUT2D eigenvalue weighted by atomic mass is 32.2. The molecule has 0 spiro atoms. The zero-order valence-corrected chi connectivity index (χ0v) is 12.1. The normalized spacial score (nSPS) is 14.0. The molecule has 7 heteroatoms. The van der Waals surface area contributed by atoms with Crippen LogP contribution < -0.4 is 0 Å². The summed E-state index contributed by atoms with van der Waals surface area (Å²) in [5, 5.41) is -0.484. The third kappa shape index (κ3) is 4.43. The van der Waals surface area contributed by atoms with Gasteiger partial charge < -0.3 is 0 Å². The van der Waals surface area contributed by atoms with Gasteiger partial charge in [0.2, 0.25) is 5.12 Å². The van der Waals surface area contributed by atoms with Crippen LogP contribution in [0.3, 0.4) is 0 Å². The number of halogens is 5. The van der Waals surface area contributed by atoms with E-state index in [0.717, 1.165) is 6.92 Å². The molecule has 1 nitrogen and oxygen atoms in total. The summed E-state index contributed by atoms with van der Waals surface area (Å²) in [5.74, 6) is -9.71. The van der Waals surface area contributed by atoms with Gasteiger partial charge in [0.1, 0.15) is 0 Å². The van der Waals surface area contributed by atoms with Crippen LogP contribution in [0.2, 0.25) is 0 Å². The van der Waals surface area contributed by atoms with Gasteiger partial charge in [0, 0.05) is 17.7 Å². The number of carbonyl (C=O) groups excluding carboxylic acids is 1. The molecule has 0 aliphatic rings. The summed E-state index contributed by atoms with van der Waals surface area (Å²) in [6.07, 6.45) is -4.86. The highest BCUT2D eigenvalue weighted by molar-refractivity contribution is 8.14. The molecule has 0 fully saturated rings. The molecule has 0 saturated heterocycles. The molecule has 1 aromatic carbocycles. The van der Waals surface area contributed by atoms with E-state index in [-0.39, 0.29) is 0 Å². The van der Waals surface area contributed by atoms with E-state index in [1.165, 1.54) is 12.1 Å². The summed E-state index contributed by atoms with van der Waals surface area (Å²) in [7, 11) is 0. The SMILES string of the molecule is CCC(F)C(F)(F)C(F)(F)CCSC(=O)c1ccccc1. The molecular weight excluding hydrogens is 311 g/mol. The lowest BCUT2D eigenvalue weighted by Gasteiger charge is -2.28. The van der Waals surface area contributed by atoms with E-state index in [0.29, 0.717) is 17.3 Å². The van der Waals surface area contributed by atoms with Crippen LogP contribution in [-0.4, -0.2) is 28.9 Å². The van der Waals surface area contributed by atoms with Crippen molar-refractivity contribution in [1.82, 2.24) is 0 Å². The van der Waals surface area contributed by atoms with E-state index in [1.807, 2.05) is 0 Å². The van der Waals surface area contributed by atoms with Gasteiger partial charge in [0.15, 0.2) is 6.17 Å². The molecule has 1 atom stereocenters.